The Bertz CT molecular complexity index is 879. The standard InChI is InChI=1S/C21H22F3N3OS/c22-21(23,24)15-7-5-11-18(13-15)25-19(28)14-6-4-10-17(12-14)27-20(29)26-16-8-2-1-3-9-16/h4-7,10-13,16H,1-3,8-9H2,(H,25,28)(H2,26,27,29). The first-order valence-electron chi connectivity index (χ1n) is 9.47. The van der Waals surface area contributed by atoms with Gasteiger partial charge in [0.15, 0.2) is 5.11 Å². The van der Waals surface area contributed by atoms with Crippen LogP contribution in [0.15, 0.2) is 48.5 Å². The first kappa shape index (κ1) is 21.1. The maximum Gasteiger partial charge on any atom is 0.416 e. The molecule has 1 aliphatic rings. The highest BCUT2D eigenvalue weighted by molar-refractivity contribution is 7.80. The molecule has 1 amide bonds. The van der Waals surface area contributed by atoms with Gasteiger partial charge in [-0.2, -0.15) is 13.2 Å². The second-order valence-corrected chi connectivity index (χ2v) is 7.46. The molecule has 2 aromatic rings. The van der Waals surface area contributed by atoms with Gasteiger partial charge in [0.25, 0.3) is 5.91 Å². The van der Waals surface area contributed by atoms with E-state index in [2.05, 4.69) is 16.0 Å². The highest BCUT2D eigenvalue weighted by Gasteiger charge is 2.30. The first-order chi connectivity index (χ1) is 13.8. The number of thiocarbonyl (C=S) groups is 1. The van der Waals surface area contributed by atoms with Gasteiger partial charge >= 0.3 is 6.18 Å². The molecule has 4 nitrogen and oxygen atoms in total. The summed E-state index contributed by atoms with van der Waals surface area (Å²) in [6, 6.07) is 11.6. The molecule has 1 saturated carbocycles. The van der Waals surface area contributed by atoms with Crippen molar-refractivity contribution < 1.29 is 18.0 Å². The minimum Gasteiger partial charge on any atom is -0.360 e. The van der Waals surface area contributed by atoms with Gasteiger partial charge in [-0.1, -0.05) is 31.4 Å². The summed E-state index contributed by atoms with van der Waals surface area (Å²) in [5.41, 5.74) is 0.213. The van der Waals surface area contributed by atoms with Gasteiger partial charge in [0.1, 0.15) is 0 Å². The lowest BCUT2D eigenvalue weighted by Gasteiger charge is -2.24. The van der Waals surface area contributed by atoms with Crippen molar-refractivity contribution in [3.8, 4) is 0 Å². The van der Waals surface area contributed by atoms with Crippen LogP contribution in [0.4, 0.5) is 24.5 Å². The molecule has 0 radical (unpaired) electrons. The predicted octanol–water partition coefficient (Wildman–Crippen LogP) is 5.58. The lowest BCUT2D eigenvalue weighted by Crippen LogP contribution is -2.38. The molecule has 0 spiro atoms. The molecule has 0 aromatic heterocycles. The van der Waals surface area contributed by atoms with Crippen molar-refractivity contribution in [2.24, 2.45) is 0 Å². The molecule has 154 valence electrons. The van der Waals surface area contributed by atoms with Crippen LogP contribution in [-0.4, -0.2) is 17.1 Å². The van der Waals surface area contributed by atoms with Gasteiger partial charge in [0.05, 0.1) is 5.56 Å². The van der Waals surface area contributed by atoms with Crippen molar-refractivity contribution in [1.82, 2.24) is 5.32 Å². The summed E-state index contributed by atoms with van der Waals surface area (Å²) in [6.07, 6.45) is 1.33. The van der Waals surface area contributed by atoms with Crippen molar-refractivity contribution >= 4 is 34.6 Å². The summed E-state index contributed by atoms with van der Waals surface area (Å²) < 4.78 is 38.5. The number of benzene rings is 2. The third kappa shape index (κ3) is 6.19. The summed E-state index contributed by atoms with van der Waals surface area (Å²) in [5, 5.41) is 9.35. The number of hydrogen-bond donors (Lipinski definition) is 3. The third-order valence-corrected chi connectivity index (χ3v) is 4.99. The normalized spacial score (nSPS) is 14.9. The summed E-state index contributed by atoms with van der Waals surface area (Å²) in [5.74, 6) is -0.501. The molecule has 0 heterocycles. The highest BCUT2D eigenvalue weighted by atomic mass is 32.1. The van der Waals surface area contributed by atoms with Crippen molar-refractivity contribution in [3.05, 3.63) is 59.7 Å². The predicted molar refractivity (Wildman–Crippen MR) is 112 cm³/mol. The number of rotatable bonds is 4. The number of anilines is 2. The first-order valence-corrected chi connectivity index (χ1v) is 9.88. The van der Waals surface area contributed by atoms with Crippen LogP contribution in [0.1, 0.15) is 48.0 Å². The summed E-state index contributed by atoms with van der Waals surface area (Å²) in [6.45, 7) is 0. The van der Waals surface area contributed by atoms with E-state index in [-0.39, 0.29) is 5.69 Å². The minimum absolute atomic E-state index is 0.0812. The molecule has 3 rings (SSSR count). The van der Waals surface area contributed by atoms with Crippen LogP contribution >= 0.6 is 12.2 Å². The molecule has 2 aromatic carbocycles. The lowest BCUT2D eigenvalue weighted by molar-refractivity contribution is -0.137. The Morgan fingerprint density at radius 2 is 1.59 bits per heavy atom. The van der Waals surface area contributed by atoms with E-state index in [0.29, 0.717) is 22.4 Å². The van der Waals surface area contributed by atoms with E-state index in [9.17, 15) is 18.0 Å². The van der Waals surface area contributed by atoms with Gasteiger partial charge in [-0.25, -0.2) is 0 Å². The van der Waals surface area contributed by atoms with Gasteiger partial charge in [-0.3, -0.25) is 4.79 Å². The topological polar surface area (TPSA) is 53.2 Å². The molecule has 0 unspecified atom stereocenters. The van der Waals surface area contributed by atoms with E-state index in [1.165, 1.54) is 31.4 Å². The van der Waals surface area contributed by atoms with E-state index >= 15 is 0 Å². The number of halogens is 3. The fourth-order valence-electron chi connectivity index (χ4n) is 3.31. The Labute approximate surface area is 172 Å². The van der Waals surface area contributed by atoms with Gasteiger partial charge in [0, 0.05) is 23.0 Å². The molecule has 0 aliphatic heterocycles. The molecule has 0 atom stereocenters. The monoisotopic (exact) mass is 421 g/mol. The van der Waals surface area contributed by atoms with Crippen LogP contribution < -0.4 is 16.0 Å². The molecule has 0 bridgehead atoms. The van der Waals surface area contributed by atoms with E-state index in [4.69, 9.17) is 12.2 Å². The zero-order chi connectivity index (χ0) is 20.9. The van der Waals surface area contributed by atoms with Crippen LogP contribution in [0.25, 0.3) is 0 Å². The molecule has 1 fully saturated rings. The van der Waals surface area contributed by atoms with Gasteiger partial charge in [-0.05, 0) is 61.5 Å². The van der Waals surface area contributed by atoms with E-state index in [1.807, 2.05) is 0 Å². The fraction of sp³-hybridized carbons (Fsp3) is 0.333. The van der Waals surface area contributed by atoms with Gasteiger partial charge in [-0.15, -0.1) is 0 Å². The van der Waals surface area contributed by atoms with Gasteiger partial charge < -0.3 is 16.0 Å². The van der Waals surface area contributed by atoms with Crippen molar-refractivity contribution in [2.45, 2.75) is 44.3 Å². The number of alkyl halides is 3. The lowest BCUT2D eigenvalue weighted by atomic mass is 9.96. The molecular weight excluding hydrogens is 399 g/mol. The maximum absolute atomic E-state index is 12.8. The van der Waals surface area contributed by atoms with E-state index in [0.717, 1.165) is 25.0 Å². The van der Waals surface area contributed by atoms with Crippen LogP contribution in [0.5, 0.6) is 0 Å². The average molecular weight is 421 g/mol. The smallest absolute Gasteiger partial charge is 0.360 e. The Morgan fingerprint density at radius 1 is 0.931 bits per heavy atom. The molecular formula is C21H22F3N3OS. The van der Waals surface area contributed by atoms with E-state index in [1.54, 1.807) is 24.3 Å². The quantitative estimate of drug-likeness (QED) is 0.565. The second kappa shape index (κ2) is 9.26. The van der Waals surface area contributed by atoms with Crippen molar-refractivity contribution in [3.63, 3.8) is 0 Å². The molecule has 1 aliphatic carbocycles. The summed E-state index contributed by atoms with van der Waals surface area (Å²) in [7, 11) is 0. The Kier molecular flexibility index (Phi) is 6.74. The zero-order valence-corrected chi connectivity index (χ0v) is 16.5. The average Bonchev–Trinajstić information content (AvgIpc) is 2.68. The number of amides is 1. The Hall–Kier alpha value is -2.61. The largest absolute Gasteiger partial charge is 0.416 e. The van der Waals surface area contributed by atoms with E-state index < -0.39 is 17.6 Å². The number of nitrogens with one attached hydrogen (secondary N) is 3. The number of carbonyl (C=O) groups excluding carboxylic acids is 1. The fourth-order valence-corrected chi connectivity index (χ4v) is 3.60. The summed E-state index contributed by atoms with van der Waals surface area (Å²) >= 11 is 5.35. The number of carbonyl (C=O) groups is 1. The third-order valence-electron chi connectivity index (χ3n) is 4.77. The molecule has 29 heavy (non-hydrogen) atoms. The van der Waals surface area contributed by atoms with Crippen LogP contribution in [0.2, 0.25) is 0 Å². The molecule has 0 saturated heterocycles. The molecule has 3 N–H and O–H groups in total. The van der Waals surface area contributed by atoms with Gasteiger partial charge in [0.2, 0.25) is 0 Å². The molecule has 8 heteroatoms. The van der Waals surface area contributed by atoms with Crippen LogP contribution in [-0.2, 0) is 6.18 Å². The number of hydrogen-bond acceptors (Lipinski definition) is 2. The summed E-state index contributed by atoms with van der Waals surface area (Å²) in [4.78, 5) is 12.5. The minimum atomic E-state index is -4.47. The van der Waals surface area contributed by atoms with Crippen molar-refractivity contribution in [2.75, 3.05) is 10.6 Å². The zero-order valence-electron chi connectivity index (χ0n) is 15.7. The maximum atomic E-state index is 12.8. The Balaban J connectivity index is 1.62. The van der Waals surface area contributed by atoms with Crippen LogP contribution in [0.3, 0.4) is 0 Å². The van der Waals surface area contributed by atoms with Crippen molar-refractivity contribution in [1.29, 1.82) is 0 Å². The Morgan fingerprint density at radius 3 is 2.28 bits per heavy atom. The highest BCUT2D eigenvalue weighted by Crippen LogP contribution is 2.30. The SMILES string of the molecule is O=C(Nc1cccc(C(F)(F)F)c1)c1cccc(NC(=S)NC2CCCCC2)c1. The second-order valence-electron chi connectivity index (χ2n) is 7.05. The van der Waals surface area contributed by atoms with Crippen LogP contribution in [0, 0.1) is 0 Å².